The zero-order valence-electron chi connectivity index (χ0n) is 14.2. The molecule has 0 aliphatic carbocycles. The number of rotatable bonds is 2. The Labute approximate surface area is 150 Å². The maximum absolute atomic E-state index is 13.9. The van der Waals surface area contributed by atoms with Gasteiger partial charge >= 0.3 is 0 Å². The van der Waals surface area contributed by atoms with E-state index in [0.717, 1.165) is 16.6 Å². The SMILES string of the molecule is Nc1ccc(N2CCN(C(=O)c3ccccc3F)CC2)c2ncccc12. The molecule has 0 saturated carbocycles. The molecule has 0 spiro atoms. The second-order valence-corrected chi connectivity index (χ2v) is 6.33. The van der Waals surface area contributed by atoms with Gasteiger partial charge in [0.15, 0.2) is 0 Å². The molecule has 132 valence electrons. The molecule has 1 amide bonds. The van der Waals surface area contributed by atoms with E-state index in [1.807, 2.05) is 24.3 Å². The van der Waals surface area contributed by atoms with Crippen molar-refractivity contribution in [2.24, 2.45) is 0 Å². The van der Waals surface area contributed by atoms with E-state index in [4.69, 9.17) is 5.73 Å². The minimum absolute atomic E-state index is 0.126. The summed E-state index contributed by atoms with van der Waals surface area (Å²) in [6.45, 7) is 2.39. The third-order valence-electron chi connectivity index (χ3n) is 4.79. The Morgan fingerprint density at radius 1 is 1.00 bits per heavy atom. The molecule has 1 fully saturated rings. The van der Waals surface area contributed by atoms with Crippen LogP contribution in [0.3, 0.4) is 0 Å². The Bertz CT molecular complexity index is 967. The standard InChI is InChI=1S/C20H19FN4O/c21-16-6-2-1-4-14(16)20(26)25-12-10-24(11-13-25)18-8-7-17(22)15-5-3-9-23-19(15)18/h1-9H,10-13,22H2. The number of hydrogen-bond donors (Lipinski definition) is 1. The maximum Gasteiger partial charge on any atom is 0.256 e. The van der Waals surface area contributed by atoms with E-state index in [0.29, 0.717) is 31.9 Å². The van der Waals surface area contributed by atoms with Gasteiger partial charge in [-0.2, -0.15) is 0 Å². The lowest BCUT2D eigenvalue weighted by atomic mass is 10.1. The van der Waals surface area contributed by atoms with E-state index in [2.05, 4.69) is 9.88 Å². The van der Waals surface area contributed by atoms with E-state index in [9.17, 15) is 9.18 Å². The van der Waals surface area contributed by atoms with Crippen LogP contribution < -0.4 is 10.6 Å². The summed E-state index contributed by atoms with van der Waals surface area (Å²) in [4.78, 5) is 20.9. The number of carbonyl (C=O) groups excluding carboxylic acids is 1. The van der Waals surface area contributed by atoms with Crippen molar-refractivity contribution in [3.8, 4) is 0 Å². The largest absolute Gasteiger partial charge is 0.398 e. The first kappa shape index (κ1) is 16.3. The van der Waals surface area contributed by atoms with Crippen LogP contribution in [0.1, 0.15) is 10.4 Å². The third kappa shape index (κ3) is 2.83. The number of benzene rings is 2. The Balaban J connectivity index is 1.54. The van der Waals surface area contributed by atoms with Crippen molar-refractivity contribution < 1.29 is 9.18 Å². The summed E-state index contributed by atoms with van der Waals surface area (Å²) in [6.07, 6.45) is 1.75. The van der Waals surface area contributed by atoms with Crippen molar-refractivity contribution >= 4 is 28.2 Å². The highest BCUT2D eigenvalue weighted by molar-refractivity contribution is 5.99. The highest BCUT2D eigenvalue weighted by Crippen LogP contribution is 2.30. The van der Waals surface area contributed by atoms with Crippen molar-refractivity contribution in [1.29, 1.82) is 0 Å². The molecule has 2 N–H and O–H groups in total. The van der Waals surface area contributed by atoms with Crippen LogP contribution in [0.5, 0.6) is 0 Å². The maximum atomic E-state index is 13.9. The predicted octanol–water partition coefficient (Wildman–Crippen LogP) is 2.92. The van der Waals surface area contributed by atoms with Crippen molar-refractivity contribution in [2.45, 2.75) is 0 Å². The van der Waals surface area contributed by atoms with Gasteiger partial charge in [0.05, 0.1) is 16.8 Å². The van der Waals surface area contributed by atoms with Crippen molar-refractivity contribution in [3.63, 3.8) is 0 Å². The zero-order chi connectivity index (χ0) is 18.1. The lowest BCUT2D eigenvalue weighted by Gasteiger charge is -2.36. The second-order valence-electron chi connectivity index (χ2n) is 6.33. The summed E-state index contributed by atoms with van der Waals surface area (Å²) in [5.74, 6) is -0.739. The second kappa shape index (κ2) is 6.63. The van der Waals surface area contributed by atoms with Crippen LogP contribution in [0.25, 0.3) is 10.9 Å². The monoisotopic (exact) mass is 350 g/mol. The number of nitrogen functional groups attached to an aromatic ring is 1. The first-order chi connectivity index (χ1) is 12.6. The first-order valence-electron chi connectivity index (χ1n) is 8.57. The Morgan fingerprint density at radius 2 is 1.77 bits per heavy atom. The quantitative estimate of drug-likeness (QED) is 0.722. The van der Waals surface area contributed by atoms with Crippen molar-refractivity contribution in [3.05, 3.63) is 66.1 Å². The molecule has 1 aromatic heterocycles. The Morgan fingerprint density at radius 3 is 2.54 bits per heavy atom. The average Bonchev–Trinajstić information content (AvgIpc) is 2.69. The molecule has 1 saturated heterocycles. The van der Waals surface area contributed by atoms with Crippen LogP contribution in [0.4, 0.5) is 15.8 Å². The van der Waals surface area contributed by atoms with E-state index < -0.39 is 5.82 Å². The molecular weight excluding hydrogens is 331 g/mol. The van der Waals surface area contributed by atoms with Gasteiger partial charge in [0.2, 0.25) is 0 Å². The fourth-order valence-corrected chi connectivity index (χ4v) is 3.39. The minimum Gasteiger partial charge on any atom is -0.398 e. The Hall–Kier alpha value is -3.15. The van der Waals surface area contributed by atoms with Gasteiger partial charge in [-0.3, -0.25) is 9.78 Å². The smallest absolute Gasteiger partial charge is 0.256 e. The number of nitrogens with two attached hydrogens (primary N) is 1. The molecule has 5 nitrogen and oxygen atoms in total. The summed E-state index contributed by atoms with van der Waals surface area (Å²) in [5.41, 5.74) is 8.74. The molecular formula is C20H19FN4O. The lowest BCUT2D eigenvalue weighted by molar-refractivity contribution is 0.0742. The minimum atomic E-state index is -0.478. The number of amides is 1. The van der Waals surface area contributed by atoms with Crippen LogP contribution in [0.2, 0.25) is 0 Å². The summed E-state index contributed by atoms with van der Waals surface area (Å²) >= 11 is 0. The molecule has 2 aromatic carbocycles. The normalized spacial score (nSPS) is 14.7. The molecule has 2 heterocycles. The van der Waals surface area contributed by atoms with Crippen LogP contribution in [-0.4, -0.2) is 42.0 Å². The molecule has 6 heteroatoms. The third-order valence-corrected chi connectivity index (χ3v) is 4.79. The zero-order valence-corrected chi connectivity index (χ0v) is 14.2. The molecule has 0 unspecified atom stereocenters. The van der Waals surface area contributed by atoms with Crippen LogP contribution in [-0.2, 0) is 0 Å². The molecule has 1 aliphatic rings. The number of fused-ring (bicyclic) bond motifs is 1. The van der Waals surface area contributed by atoms with Crippen molar-refractivity contribution in [1.82, 2.24) is 9.88 Å². The molecule has 26 heavy (non-hydrogen) atoms. The molecule has 0 bridgehead atoms. The first-order valence-corrected chi connectivity index (χ1v) is 8.57. The van der Waals surface area contributed by atoms with Crippen LogP contribution in [0, 0.1) is 5.82 Å². The highest BCUT2D eigenvalue weighted by atomic mass is 19.1. The van der Waals surface area contributed by atoms with Gasteiger partial charge in [-0.25, -0.2) is 4.39 Å². The van der Waals surface area contributed by atoms with Crippen LogP contribution in [0.15, 0.2) is 54.7 Å². The summed E-state index contributed by atoms with van der Waals surface area (Å²) < 4.78 is 13.9. The average molecular weight is 350 g/mol. The number of anilines is 2. The fraction of sp³-hybridized carbons (Fsp3) is 0.200. The van der Waals surface area contributed by atoms with Gasteiger partial charge in [-0.15, -0.1) is 0 Å². The number of halogens is 1. The van der Waals surface area contributed by atoms with E-state index in [-0.39, 0.29) is 11.5 Å². The number of piperazine rings is 1. The van der Waals surface area contributed by atoms with Crippen LogP contribution >= 0.6 is 0 Å². The highest BCUT2D eigenvalue weighted by Gasteiger charge is 2.25. The molecule has 4 rings (SSSR count). The van der Waals surface area contributed by atoms with E-state index in [1.165, 1.54) is 12.1 Å². The number of hydrogen-bond acceptors (Lipinski definition) is 4. The number of nitrogens with zero attached hydrogens (tertiary/aromatic N) is 3. The van der Waals surface area contributed by atoms with Crippen molar-refractivity contribution in [2.75, 3.05) is 36.8 Å². The summed E-state index contributed by atoms with van der Waals surface area (Å²) in [5, 5.41) is 0.926. The molecule has 0 radical (unpaired) electrons. The van der Waals surface area contributed by atoms with Gasteiger partial charge < -0.3 is 15.5 Å². The molecule has 0 atom stereocenters. The summed E-state index contributed by atoms with van der Waals surface area (Å²) in [6, 6.07) is 13.8. The summed E-state index contributed by atoms with van der Waals surface area (Å²) in [7, 11) is 0. The van der Waals surface area contributed by atoms with E-state index in [1.54, 1.807) is 23.2 Å². The lowest BCUT2D eigenvalue weighted by Crippen LogP contribution is -2.49. The van der Waals surface area contributed by atoms with Gasteiger partial charge in [0.1, 0.15) is 5.82 Å². The predicted molar refractivity (Wildman–Crippen MR) is 101 cm³/mol. The van der Waals surface area contributed by atoms with Gasteiger partial charge in [-0.05, 0) is 36.4 Å². The van der Waals surface area contributed by atoms with Gasteiger partial charge in [0.25, 0.3) is 5.91 Å². The topological polar surface area (TPSA) is 62.5 Å². The van der Waals surface area contributed by atoms with Gasteiger partial charge in [-0.1, -0.05) is 12.1 Å². The number of pyridine rings is 1. The number of carbonyl (C=O) groups is 1. The molecule has 1 aliphatic heterocycles. The van der Waals surface area contributed by atoms with E-state index >= 15 is 0 Å². The number of aromatic nitrogens is 1. The molecule has 3 aromatic rings. The Kier molecular flexibility index (Phi) is 4.16. The van der Waals surface area contributed by atoms with Gasteiger partial charge in [0, 0.05) is 43.4 Å². The fourth-order valence-electron chi connectivity index (χ4n) is 3.39.